The summed E-state index contributed by atoms with van der Waals surface area (Å²) in [4.78, 5) is 116. The van der Waals surface area contributed by atoms with Crippen LogP contribution in [0.1, 0.15) is 188 Å². The largest absolute Gasteiger partial charge is 0.281 e. The van der Waals surface area contributed by atoms with Gasteiger partial charge in [0.15, 0.2) is 0 Å². The van der Waals surface area contributed by atoms with Crippen LogP contribution in [0.25, 0.3) is 21.5 Å². The summed E-state index contributed by atoms with van der Waals surface area (Å²) in [6.07, 6.45) is 10.4. The fourth-order valence-corrected chi connectivity index (χ4v) is 9.34. The van der Waals surface area contributed by atoms with E-state index in [1.54, 1.807) is 0 Å². The number of hydrazine groups is 1. The van der Waals surface area contributed by atoms with Crippen LogP contribution in [0.4, 0.5) is 0 Å². The number of nitrogens with zero attached hydrogens (tertiary/aromatic N) is 4. The Morgan fingerprint density at radius 3 is 0.914 bits per heavy atom. The van der Waals surface area contributed by atoms with E-state index < -0.39 is 47.3 Å². The van der Waals surface area contributed by atoms with Crippen LogP contribution < -0.4 is 0 Å². The molecule has 58 heavy (non-hydrogen) atoms. The molecule has 4 aliphatic heterocycles. The van der Waals surface area contributed by atoms with E-state index in [2.05, 4.69) is 20.8 Å². The molecule has 8 amide bonds. The summed E-state index contributed by atoms with van der Waals surface area (Å²) in [6, 6.07) is 10.8. The predicted molar refractivity (Wildman–Crippen MR) is 216 cm³/mol. The first-order valence-electron chi connectivity index (χ1n) is 20.7. The molecular weight excluding hydrogens is 737 g/mol. The number of hydrogen-bond acceptors (Lipinski definition) is 8. The Morgan fingerprint density at radius 2 is 0.621 bits per heavy atom. The van der Waals surface area contributed by atoms with Gasteiger partial charge in [-0.1, -0.05) is 78.6 Å². The quantitative estimate of drug-likeness (QED) is 0.0861. The average molecular weight is 783 g/mol. The van der Waals surface area contributed by atoms with Crippen molar-refractivity contribution in [3.63, 3.8) is 0 Å². The second-order valence-corrected chi connectivity index (χ2v) is 15.9. The van der Waals surface area contributed by atoms with E-state index in [0.717, 1.165) is 57.8 Å². The zero-order valence-electron chi connectivity index (χ0n) is 33.3. The molecule has 0 bridgehead atoms. The van der Waals surface area contributed by atoms with Gasteiger partial charge in [0.1, 0.15) is 0 Å². The standard InChI is InChI=1S/C46H46N4O8/c1-5-8-11-14-25(4)47-39(51)27-17-21-31-37-32(22-18-28(35(27)37)40(47)52)44(56)49(43(31)55)50-45(57)33-23-19-29-36-30(20-24-34(38(33)36)46(50)58)42(54)48(41(29)53)26(15-12-9-6-2)16-13-10-7-3/h17-26H,5-16H2,1-4H3. The number of rotatable bonds is 15. The lowest BCUT2D eigenvalue weighted by atomic mass is 9.84. The lowest BCUT2D eigenvalue weighted by Gasteiger charge is -2.39. The lowest BCUT2D eigenvalue weighted by Crippen LogP contribution is -2.58. The number of benzene rings is 4. The van der Waals surface area contributed by atoms with Gasteiger partial charge in [0.05, 0.1) is 22.3 Å². The van der Waals surface area contributed by atoms with Crippen LogP contribution in [0, 0.1) is 0 Å². The molecule has 0 aromatic heterocycles. The first kappa shape index (κ1) is 38.8. The highest BCUT2D eigenvalue weighted by molar-refractivity contribution is 6.37. The lowest BCUT2D eigenvalue weighted by molar-refractivity contribution is 0.00211. The topological polar surface area (TPSA) is 150 Å². The molecule has 1 atom stereocenters. The van der Waals surface area contributed by atoms with Crippen molar-refractivity contribution < 1.29 is 38.4 Å². The van der Waals surface area contributed by atoms with Gasteiger partial charge in [-0.2, -0.15) is 10.0 Å². The molecule has 4 heterocycles. The molecule has 12 heteroatoms. The van der Waals surface area contributed by atoms with Crippen LogP contribution in [-0.4, -0.2) is 79.2 Å². The van der Waals surface area contributed by atoms with Gasteiger partial charge >= 0.3 is 0 Å². The summed E-state index contributed by atoms with van der Waals surface area (Å²) in [5.41, 5.74) is 0.568. The molecule has 0 fully saturated rings. The molecule has 0 spiro atoms. The summed E-state index contributed by atoms with van der Waals surface area (Å²) in [5, 5.41) is 1.65. The van der Waals surface area contributed by atoms with Crippen LogP contribution in [0.2, 0.25) is 0 Å². The van der Waals surface area contributed by atoms with E-state index in [-0.39, 0.29) is 78.1 Å². The van der Waals surface area contributed by atoms with E-state index in [9.17, 15) is 38.4 Å². The summed E-state index contributed by atoms with van der Waals surface area (Å²) in [5.74, 6) is -5.92. The molecule has 12 nitrogen and oxygen atoms in total. The zero-order chi connectivity index (χ0) is 41.2. The maximum absolute atomic E-state index is 14.4. The molecule has 0 N–H and O–H groups in total. The van der Waals surface area contributed by atoms with Crippen molar-refractivity contribution >= 4 is 68.8 Å². The van der Waals surface area contributed by atoms with Gasteiger partial charge in [0, 0.05) is 55.9 Å². The summed E-state index contributed by atoms with van der Waals surface area (Å²) >= 11 is 0. The molecule has 0 aliphatic carbocycles. The Bertz CT molecular complexity index is 2370. The van der Waals surface area contributed by atoms with Crippen molar-refractivity contribution in [3.8, 4) is 0 Å². The normalized spacial score (nSPS) is 16.6. The summed E-state index contributed by atoms with van der Waals surface area (Å²) in [7, 11) is 0. The molecule has 4 aromatic carbocycles. The van der Waals surface area contributed by atoms with Gasteiger partial charge in [-0.25, -0.2) is 0 Å². The first-order chi connectivity index (χ1) is 28.0. The highest BCUT2D eigenvalue weighted by atomic mass is 16.2. The Hall–Kier alpha value is -6.04. The molecule has 1 unspecified atom stereocenters. The zero-order valence-corrected chi connectivity index (χ0v) is 33.3. The molecule has 4 aromatic rings. The highest BCUT2D eigenvalue weighted by Crippen LogP contribution is 2.43. The van der Waals surface area contributed by atoms with Crippen molar-refractivity contribution in [1.29, 1.82) is 0 Å². The molecule has 0 saturated carbocycles. The third-order valence-corrected chi connectivity index (χ3v) is 12.3. The van der Waals surface area contributed by atoms with Crippen LogP contribution in [0.3, 0.4) is 0 Å². The fourth-order valence-electron chi connectivity index (χ4n) is 9.34. The van der Waals surface area contributed by atoms with E-state index in [0.29, 0.717) is 29.3 Å². The van der Waals surface area contributed by atoms with E-state index >= 15 is 0 Å². The minimum absolute atomic E-state index is 0.0484. The first-order valence-corrected chi connectivity index (χ1v) is 20.7. The number of imide groups is 4. The second-order valence-electron chi connectivity index (χ2n) is 15.9. The average Bonchev–Trinajstić information content (AvgIpc) is 3.21. The summed E-state index contributed by atoms with van der Waals surface area (Å²) in [6.45, 7) is 8.09. The van der Waals surface area contributed by atoms with E-state index in [4.69, 9.17) is 0 Å². The third-order valence-electron chi connectivity index (χ3n) is 12.3. The maximum atomic E-state index is 14.4. The van der Waals surface area contributed by atoms with Crippen LogP contribution in [0.15, 0.2) is 48.5 Å². The highest BCUT2D eigenvalue weighted by Gasteiger charge is 2.49. The van der Waals surface area contributed by atoms with Gasteiger partial charge in [-0.3, -0.25) is 48.2 Å². The number of amides is 8. The number of carbonyl (C=O) groups excluding carboxylic acids is 8. The van der Waals surface area contributed by atoms with Crippen molar-refractivity contribution in [2.75, 3.05) is 0 Å². The Balaban J connectivity index is 1.15. The van der Waals surface area contributed by atoms with E-state index in [1.165, 1.54) is 58.3 Å². The Kier molecular flexibility index (Phi) is 10.1. The van der Waals surface area contributed by atoms with Gasteiger partial charge < -0.3 is 0 Å². The molecule has 0 saturated heterocycles. The fraction of sp³-hybridized carbons (Fsp3) is 0.391. The Morgan fingerprint density at radius 1 is 0.362 bits per heavy atom. The smallest absolute Gasteiger partial charge is 0.272 e. The SMILES string of the molecule is CCCCCC(C)N1C(=O)c2ccc3c4c(ccc(c24)C1=O)C(=O)N(N1C(=O)c2ccc4c5c(ccc(c25)C1=O)C(=O)N(C(CCCCC)CCCCC)C4=O)C3=O. The van der Waals surface area contributed by atoms with Gasteiger partial charge in [0.2, 0.25) is 0 Å². The van der Waals surface area contributed by atoms with Crippen LogP contribution >= 0.6 is 0 Å². The third kappa shape index (κ3) is 5.70. The van der Waals surface area contributed by atoms with Crippen molar-refractivity contribution in [2.24, 2.45) is 0 Å². The molecule has 0 radical (unpaired) electrons. The van der Waals surface area contributed by atoms with Crippen molar-refractivity contribution in [2.45, 2.75) is 117 Å². The second kappa shape index (κ2) is 15.0. The molecule has 298 valence electrons. The predicted octanol–water partition coefficient (Wildman–Crippen LogP) is 8.49. The molecule has 4 aliphatic rings. The van der Waals surface area contributed by atoms with E-state index in [1.807, 2.05) is 6.92 Å². The van der Waals surface area contributed by atoms with Gasteiger partial charge in [-0.05, 0) is 74.7 Å². The van der Waals surface area contributed by atoms with Crippen LogP contribution in [0.5, 0.6) is 0 Å². The number of carbonyl (C=O) groups is 8. The molecule has 8 rings (SSSR count). The molecular formula is C46H46N4O8. The summed E-state index contributed by atoms with van der Waals surface area (Å²) < 4.78 is 0. The minimum Gasteiger partial charge on any atom is -0.272 e. The van der Waals surface area contributed by atoms with Crippen LogP contribution in [-0.2, 0) is 0 Å². The number of hydrogen-bond donors (Lipinski definition) is 0. The maximum Gasteiger partial charge on any atom is 0.281 e. The van der Waals surface area contributed by atoms with Crippen molar-refractivity contribution in [1.82, 2.24) is 19.8 Å². The number of unbranched alkanes of at least 4 members (excludes halogenated alkanes) is 6. The Labute approximate surface area is 336 Å². The minimum atomic E-state index is -0.981. The van der Waals surface area contributed by atoms with Gasteiger partial charge in [0.25, 0.3) is 47.3 Å². The monoisotopic (exact) mass is 782 g/mol. The van der Waals surface area contributed by atoms with Gasteiger partial charge in [-0.15, -0.1) is 0 Å². The van der Waals surface area contributed by atoms with Crippen molar-refractivity contribution in [3.05, 3.63) is 93.0 Å².